The maximum absolute atomic E-state index is 12.0. The van der Waals surface area contributed by atoms with Gasteiger partial charge in [0.1, 0.15) is 0 Å². The summed E-state index contributed by atoms with van der Waals surface area (Å²) in [6.07, 6.45) is 3.75. The Kier molecular flexibility index (Phi) is 11.8. The van der Waals surface area contributed by atoms with Crippen molar-refractivity contribution < 1.29 is 31.5 Å². The van der Waals surface area contributed by atoms with Gasteiger partial charge in [0.25, 0.3) is 0 Å². The summed E-state index contributed by atoms with van der Waals surface area (Å²) >= 11 is 0. The highest BCUT2D eigenvalue weighted by molar-refractivity contribution is 7.62. The van der Waals surface area contributed by atoms with E-state index in [1.165, 1.54) is 0 Å². The van der Waals surface area contributed by atoms with Crippen molar-refractivity contribution in [3.05, 3.63) is 24.5 Å². The number of phosphoric acid groups is 2. The van der Waals surface area contributed by atoms with Gasteiger partial charge in [0.2, 0.25) is 0 Å². The van der Waals surface area contributed by atoms with Gasteiger partial charge in [0.15, 0.2) is 0 Å². The lowest BCUT2D eigenvalue weighted by atomic mass is 10.7. The molecule has 0 aliphatic carbocycles. The number of hydrogen-bond acceptors (Lipinski definition) is 7. The second kappa shape index (κ2) is 12.0. The van der Waals surface area contributed by atoms with E-state index in [1.807, 2.05) is 24.5 Å². The third-order valence-electron chi connectivity index (χ3n) is 1.84. The molecule has 22 heavy (non-hydrogen) atoms. The molecule has 0 atom stereocenters. The van der Waals surface area contributed by atoms with Crippen LogP contribution in [-0.4, -0.2) is 31.4 Å². The Bertz CT molecular complexity index is 387. The second-order valence-electron chi connectivity index (χ2n) is 3.53. The molecule has 0 aliphatic heterocycles. The van der Waals surface area contributed by atoms with E-state index in [0.717, 1.165) is 0 Å². The van der Waals surface area contributed by atoms with E-state index in [4.69, 9.17) is 22.4 Å². The Morgan fingerprint density at radius 3 is 1.23 bits per heavy atom. The third kappa shape index (κ3) is 9.54. The summed E-state index contributed by atoms with van der Waals surface area (Å²) in [7, 11) is -7.83. The summed E-state index contributed by atoms with van der Waals surface area (Å²) in [4.78, 5) is 2.86. The normalized spacial score (nSPS) is 11.8. The highest BCUT2D eigenvalue weighted by Crippen LogP contribution is 2.65. The molecule has 1 aromatic rings. The summed E-state index contributed by atoms with van der Waals surface area (Å²) in [5.74, 6) is 0. The van der Waals surface area contributed by atoms with E-state index >= 15 is 0 Å². The zero-order valence-corrected chi connectivity index (χ0v) is 15.2. The predicted molar refractivity (Wildman–Crippen MR) is 83.6 cm³/mol. The van der Waals surface area contributed by atoms with E-state index in [0.29, 0.717) is 0 Å². The molecule has 0 unspecified atom stereocenters. The summed E-state index contributed by atoms with van der Waals surface area (Å²) < 4.78 is 48.1. The molecule has 0 fully saturated rings. The van der Waals surface area contributed by atoms with Crippen molar-refractivity contribution in [2.24, 2.45) is 0 Å². The Morgan fingerprint density at radius 2 is 1.05 bits per heavy atom. The molecule has 8 nitrogen and oxygen atoms in total. The molecule has 1 rings (SSSR count). The smallest absolute Gasteiger partial charge is 0.368 e. The Balaban J connectivity index is 0.000000734. The first-order valence-corrected chi connectivity index (χ1v) is 9.94. The predicted octanol–water partition coefficient (Wildman–Crippen LogP) is 4.38. The fourth-order valence-electron chi connectivity index (χ4n) is 1.20. The van der Waals surface area contributed by atoms with Crippen molar-refractivity contribution in [1.82, 2.24) is 4.98 Å². The molecular formula is C12H25NO7P2. The molecule has 10 heteroatoms. The summed E-state index contributed by atoms with van der Waals surface area (Å²) in [5, 5.41) is 0. The summed E-state index contributed by atoms with van der Waals surface area (Å²) in [5.41, 5.74) is 0. The van der Waals surface area contributed by atoms with Gasteiger partial charge in [-0.05, 0) is 39.8 Å². The molecule has 0 saturated carbocycles. The minimum atomic E-state index is -3.91. The van der Waals surface area contributed by atoms with E-state index in [9.17, 15) is 9.13 Å². The van der Waals surface area contributed by atoms with Crippen molar-refractivity contribution >= 4 is 15.6 Å². The molecule has 1 N–H and O–H groups in total. The van der Waals surface area contributed by atoms with Crippen molar-refractivity contribution in [3.8, 4) is 0 Å². The first kappa shape index (κ1) is 21.5. The monoisotopic (exact) mass is 357 g/mol. The standard InChI is InChI=1S/C8H20O7P2.C4H5N/c1-5-11-16(9,12-6-2)15-17(10,13-7-3)14-8-4;1-2-4-5-3-1/h5-8H2,1-4H3;1-5H. The Hall–Kier alpha value is -0.460. The van der Waals surface area contributed by atoms with E-state index in [2.05, 4.69) is 4.98 Å². The molecule has 1 aromatic heterocycles. The maximum atomic E-state index is 12.0. The van der Waals surface area contributed by atoms with E-state index in [1.54, 1.807) is 27.7 Å². The first-order chi connectivity index (χ1) is 10.4. The molecule has 0 amide bonds. The van der Waals surface area contributed by atoms with Crippen LogP contribution in [-0.2, 0) is 31.5 Å². The quantitative estimate of drug-likeness (QED) is 0.621. The molecule has 130 valence electrons. The fraction of sp³-hybridized carbons (Fsp3) is 0.667. The van der Waals surface area contributed by atoms with Gasteiger partial charge < -0.3 is 4.98 Å². The lowest BCUT2D eigenvalue weighted by molar-refractivity contribution is 0.119. The van der Waals surface area contributed by atoms with Crippen LogP contribution in [0.5, 0.6) is 0 Å². The van der Waals surface area contributed by atoms with Gasteiger partial charge in [-0.2, -0.15) is 4.31 Å². The van der Waals surface area contributed by atoms with Crippen LogP contribution in [0.4, 0.5) is 0 Å². The largest absolute Gasteiger partial charge is 0.483 e. The average molecular weight is 357 g/mol. The number of hydrogen-bond donors (Lipinski definition) is 1. The maximum Gasteiger partial charge on any atom is 0.483 e. The number of aromatic nitrogens is 1. The minimum absolute atomic E-state index is 0.0928. The number of rotatable bonds is 10. The van der Waals surface area contributed by atoms with Crippen molar-refractivity contribution in [2.45, 2.75) is 27.7 Å². The van der Waals surface area contributed by atoms with Gasteiger partial charge in [-0.3, -0.25) is 18.1 Å². The van der Waals surface area contributed by atoms with Crippen LogP contribution in [0.1, 0.15) is 27.7 Å². The average Bonchev–Trinajstić information content (AvgIpc) is 2.98. The van der Waals surface area contributed by atoms with Crippen LogP contribution in [0.3, 0.4) is 0 Å². The van der Waals surface area contributed by atoms with Gasteiger partial charge in [-0.15, -0.1) is 0 Å². The van der Waals surface area contributed by atoms with E-state index < -0.39 is 15.6 Å². The van der Waals surface area contributed by atoms with Crippen LogP contribution in [0, 0.1) is 0 Å². The van der Waals surface area contributed by atoms with Crippen molar-refractivity contribution in [3.63, 3.8) is 0 Å². The van der Waals surface area contributed by atoms with Gasteiger partial charge in [0.05, 0.1) is 26.4 Å². The summed E-state index contributed by atoms with van der Waals surface area (Å²) in [6, 6.07) is 3.89. The molecule has 1 heterocycles. The van der Waals surface area contributed by atoms with Crippen LogP contribution >= 0.6 is 15.6 Å². The number of aromatic amines is 1. The number of phosphoric ester groups is 2. The van der Waals surface area contributed by atoms with Crippen LogP contribution in [0.2, 0.25) is 0 Å². The van der Waals surface area contributed by atoms with Gasteiger partial charge >= 0.3 is 15.6 Å². The number of H-pyrrole nitrogens is 1. The summed E-state index contributed by atoms with van der Waals surface area (Å²) in [6.45, 7) is 6.82. The zero-order chi connectivity index (χ0) is 16.9. The Morgan fingerprint density at radius 1 is 0.727 bits per heavy atom. The number of nitrogens with one attached hydrogen (secondary N) is 1. The lowest BCUT2D eigenvalue weighted by Crippen LogP contribution is -2.03. The molecule has 0 bridgehead atoms. The molecule has 0 saturated heterocycles. The van der Waals surface area contributed by atoms with Crippen molar-refractivity contribution in [1.29, 1.82) is 0 Å². The molecular weight excluding hydrogens is 332 g/mol. The topological polar surface area (TPSA) is 96.1 Å². The zero-order valence-electron chi connectivity index (χ0n) is 13.4. The third-order valence-corrected chi connectivity index (χ3v) is 5.74. The lowest BCUT2D eigenvalue weighted by Gasteiger charge is -2.21. The highest BCUT2D eigenvalue weighted by Gasteiger charge is 2.39. The second-order valence-corrected chi connectivity index (χ2v) is 7.01. The van der Waals surface area contributed by atoms with Crippen LogP contribution < -0.4 is 0 Å². The first-order valence-electron chi connectivity index (χ1n) is 7.02. The molecule has 0 spiro atoms. The molecule has 0 aromatic carbocycles. The van der Waals surface area contributed by atoms with Gasteiger partial charge in [-0.25, -0.2) is 9.13 Å². The Labute approximate surface area is 131 Å². The SMILES string of the molecule is CCOP(=O)(OCC)OP(=O)(OCC)OCC.c1cc[nH]c1. The van der Waals surface area contributed by atoms with Crippen molar-refractivity contribution in [2.75, 3.05) is 26.4 Å². The molecule has 0 radical (unpaired) electrons. The van der Waals surface area contributed by atoms with Crippen LogP contribution in [0.25, 0.3) is 0 Å². The van der Waals surface area contributed by atoms with Gasteiger partial charge in [-0.1, -0.05) is 0 Å². The minimum Gasteiger partial charge on any atom is -0.368 e. The fourth-order valence-corrected chi connectivity index (χ4v) is 4.35. The molecule has 0 aliphatic rings. The highest BCUT2D eigenvalue weighted by atomic mass is 31.3. The van der Waals surface area contributed by atoms with Gasteiger partial charge in [0, 0.05) is 12.4 Å². The van der Waals surface area contributed by atoms with E-state index in [-0.39, 0.29) is 26.4 Å². The van der Waals surface area contributed by atoms with Crippen LogP contribution in [0.15, 0.2) is 24.5 Å².